The van der Waals surface area contributed by atoms with E-state index in [1.165, 1.54) is 0 Å². The molecular formula is C12H25KO4S. The van der Waals surface area contributed by atoms with Gasteiger partial charge >= 0.3 is 51.4 Å². The molecule has 0 amide bonds. The van der Waals surface area contributed by atoms with Crippen molar-refractivity contribution in [3.05, 3.63) is 0 Å². The van der Waals surface area contributed by atoms with Gasteiger partial charge in [0, 0.05) is 0 Å². The molecule has 0 aliphatic rings. The molecule has 0 aliphatic carbocycles. The molecule has 0 radical (unpaired) electrons. The monoisotopic (exact) mass is 304 g/mol. The molecule has 0 heterocycles. The summed E-state index contributed by atoms with van der Waals surface area (Å²) >= 11 is 0. The molecule has 0 aromatic heterocycles. The van der Waals surface area contributed by atoms with Gasteiger partial charge in [0.1, 0.15) is 10.1 Å². The van der Waals surface area contributed by atoms with E-state index < -0.39 is 21.5 Å². The van der Waals surface area contributed by atoms with Crippen molar-refractivity contribution in [2.24, 2.45) is 0 Å². The van der Waals surface area contributed by atoms with Crippen LogP contribution < -0.4 is 51.4 Å². The number of rotatable bonds is 10. The Hall–Kier alpha value is 1.51. The topological polar surface area (TPSA) is 77.4 Å². The summed E-state index contributed by atoms with van der Waals surface area (Å²) < 4.78 is 33.3. The Bertz CT molecular complexity index is 280. The molecule has 0 fully saturated rings. The van der Waals surface area contributed by atoms with Gasteiger partial charge in [0.2, 0.25) is 0 Å². The predicted molar refractivity (Wildman–Crippen MR) is 67.8 cm³/mol. The van der Waals surface area contributed by atoms with Crippen LogP contribution in [-0.4, -0.2) is 29.4 Å². The molecule has 0 aromatic carbocycles. The fourth-order valence-electron chi connectivity index (χ4n) is 1.90. The van der Waals surface area contributed by atoms with Gasteiger partial charge < -0.3 is 9.66 Å². The van der Waals surface area contributed by atoms with Gasteiger partial charge in [0.25, 0.3) is 0 Å². The molecule has 104 valence electrons. The van der Waals surface area contributed by atoms with Crippen molar-refractivity contribution in [1.29, 1.82) is 0 Å². The molecule has 0 aliphatic heterocycles. The Morgan fingerprint density at radius 1 is 1.00 bits per heavy atom. The quantitative estimate of drug-likeness (QED) is 0.333. The maximum absolute atomic E-state index is 11.1. The largest absolute Gasteiger partial charge is 1.00 e. The first-order valence-electron chi connectivity index (χ1n) is 6.56. The van der Waals surface area contributed by atoms with Crippen LogP contribution in [0.3, 0.4) is 0 Å². The molecule has 2 atom stereocenters. The van der Waals surface area contributed by atoms with E-state index in [4.69, 9.17) is 0 Å². The molecule has 0 bridgehead atoms. The van der Waals surface area contributed by atoms with Crippen molar-refractivity contribution >= 4 is 10.1 Å². The zero-order chi connectivity index (χ0) is 13.3. The first kappa shape index (κ1) is 21.8. The van der Waals surface area contributed by atoms with E-state index in [1.807, 2.05) is 6.92 Å². The second-order valence-electron chi connectivity index (χ2n) is 4.59. The van der Waals surface area contributed by atoms with Crippen LogP contribution in [0, 0.1) is 0 Å². The van der Waals surface area contributed by atoms with Crippen molar-refractivity contribution in [1.82, 2.24) is 0 Å². The zero-order valence-corrected chi connectivity index (χ0v) is 15.8. The minimum atomic E-state index is -4.38. The smallest absolute Gasteiger partial charge is 0.748 e. The van der Waals surface area contributed by atoms with Crippen LogP contribution in [0.5, 0.6) is 0 Å². The van der Waals surface area contributed by atoms with E-state index in [1.54, 1.807) is 0 Å². The molecule has 2 unspecified atom stereocenters. The van der Waals surface area contributed by atoms with E-state index in [2.05, 4.69) is 6.92 Å². The molecule has 4 nitrogen and oxygen atoms in total. The molecule has 18 heavy (non-hydrogen) atoms. The minimum absolute atomic E-state index is 0. The average molecular weight is 304 g/mol. The third-order valence-corrected chi connectivity index (χ3v) is 4.29. The molecule has 0 saturated carbocycles. The number of aliphatic hydroxyl groups excluding tert-OH is 1. The summed E-state index contributed by atoms with van der Waals surface area (Å²) in [5.41, 5.74) is 0. The fourth-order valence-corrected chi connectivity index (χ4v) is 2.88. The Morgan fingerprint density at radius 3 is 2.00 bits per heavy atom. The molecule has 0 aromatic rings. The summed E-state index contributed by atoms with van der Waals surface area (Å²) in [7, 11) is -4.38. The van der Waals surface area contributed by atoms with E-state index in [0.717, 1.165) is 32.1 Å². The minimum Gasteiger partial charge on any atom is -0.748 e. The van der Waals surface area contributed by atoms with Crippen molar-refractivity contribution < 1.29 is 69.5 Å². The van der Waals surface area contributed by atoms with Gasteiger partial charge in [-0.25, -0.2) is 8.42 Å². The molecule has 0 spiro atoms. The SMILES string of the molecule is CCCCCCC(C(O)CCCC)S(=O)(=O)[O-].[K+]. The first-order valence-corrected chi connectivity index (χ1v) is 8.03. The van der Waals surface area contributed by atoms with Gasteiger partial charge in [0.15, 0.2) is 0 Å². The van der Waals surface area contributed by atoms with Gasteiger partial charge in [0.05, 0.1) is 11.4 Å². The van der Waals surface area contributed by atoms with Crippen LogP contribution in [0.1, 0.15) is 65.2 Å². The number of hydrogen-bond acceptors (Lipinski definition) is 4. The standard InChI is InChI=1S/C12H26O4S.K/c1-3-5-7-8-10-12(17(14,15)16)11(13)9-6-4-2;/h11-13H,3-10H2,1-2H3,(H,14,15,16);/q;+1/p-1. The molecule has 0 rings (SSSR count). The Labute approximate surface area is 154 Å². The first-order chi connectivity index (χ1) is 7.93. The van der Waals surface area contributed by atoms with Gasteiger partial charge in [-0.3, -0.25) is 0 Å². The third-order valence-electron chi connectivity index (χ3n) is 3.00. The summed E-state index contributed by atoms with van der Waals surface area (Å²) in [5, 5.41) is 8.63. The van der Waals surface area contributed by atoms with E-state index in [-0.39, 0.29) is 57.8 Å². The van der Waals surface area contributed by atoms with Crippen LogP contribution in [0.4, 0.5) is 0 Å². The molecule has 1 N–H and O–H groups in total. The Balaban J connectivity index is 0. The maximum atomic E-state index is 11.1. The fraction of sp³-hybridized carbons (Fsp3) is 1.00. The van der Waals surface area contributed by atoms with Crippen LogP contribution >= 0.6 is 0 Å². The van der Waals surface area contributed by atoms with Gasteiger partial charge in [-0.2, -0.15) is 0 Å². The summed E-state index contributed by atoms with van der Waals surface area (Å²) in [5.74, 6) is 0. The van der Waals surface area contributed by atoms with Gasteiger partial charge in [-0.05, 0) is 12.8 Å². The van der Waals surface area contributed by atoms with Crippen LogP contribution in [0.2, 0.25) is 0 Å². The van der Waals surface area contributed by atoms with E-state index >= 15 is 0 Å². The number of aliphatic hydroxyl groups is 1. The normalized spacial score (nSPS) is 14.9. The summed E-state index contributed by atoms with van der Waals surface area (Å²) in [6.07, 6.45) is 5.04. The summed E-state index contributed by atoms with van der Waals surface area (Å²) in [4.78, 5) is 0. The molecule has 0 saturated heterocycles. The molecule has 6 heteroatoms. The van der Waals surface area contributed by atoms with Crippen molar-refractivity contribution in [2.75, 3.05) is 0 Å². The van der Waals surface area contributed by atoms with Crippen molar-refractivity contribution in [3.63, 3.8) is 0 Å². The average Bonchev–Trinajstić information content (AvgIpc) is 2.24. The number of unbranched alkanes of at least 4 members (excludes halogenated alkanes) is 4. The second kappa shape index (κ2) is 12.3. The van der Waals surface area contributed by atoms with Crippen LogP contribution in [-0.2, 0) is 10.1 Å². The maximum Gasteiger partial charge on any atom is 1.00 e. The van der Waals surface area contributed by atoms with Gasteiger partial charge in [-0.1, -0.05) is 52.4 Å². The van der Waals surface area contributed by atoms with Crippen molar-refractivity contribution in [3.8, 4) is 0 Å². The zero-order valence-electron chi connectivity index (χ0n) is 11.9. The third kappa shape index (κ3) is 10.3. The second-order valence-corrected chi connectivity index (χ2v) is 6.18. The Morgan fingerprint density at radius 2 is 1.56 bits per heavy atom. The van der Waals surface area contributed by atoms with Gasteiger partial charge in [-0.15, -0.1) is 0 Å². The summed E-state index contributed by atoms with van der Waals surface area (Å²) in [6.45, 7) is 4.03. The van der Waals surface area contributed by atoms with Crippen LogP contribution in [0.25, 0.3) is 0 Å². The Kier molecular flexibility index (Phi) is 14.9. The van der Waals surface area contributed by atoms with E-state index in [0.29, 0.717) is 12.8 Å². The van der Waals surface area contributed by atoms with E-state index in [9.17, 15) is 18.1 Å². The van der Waals surface area contributed by atoms with Crippen molar-refractivity contribution in [2.45, 2.75) is 76.6 Å². The summed E-state index contributed by atoms with van der Waals surface area (Å²) in [6, 6.07) is 0. The molecular weight excluding hydrogens is 279 g/mol. The predicted octanol–water partition coefficient (Wildman–Crippen LogP) is -0.574. The number of hydrogen-bond donors (Lipinski definition) is 1. The van der Waals surface area contributed by atoms with Crippen LogP contribution in [0.15, 0.2) is 0 Å².